The molecule has 0 spiro atoms. The maximum Gasteiger partial charge on any atom is 0.0991 e. The van der Waals surface area contributed by atoms with Crippen LogP contribution in [0.25, 0.3) is 11.8 Å². The van der Waals surface area contributed by atoms with Crippen LogP contribution in [0.3, 0.4) is 0 Å². The minimum atomic E-state index is 1.10. The van der Waals surface area contributed by atoms with Crippen LogP contribution in [0.4, 0.5) is 0 Å². The number of aromatic nitrogens is 2. The zero-order valence-corrected chi connectivity index (χ0v) is 11.6. The molecule has 0 aliphatic heterocycles. The molecular weight excluding hydrogens is 232 g/mol. The van der Waals surface area contributed by atoms with Crippen LogP contribution >= 0.6 is 0 Å². The van der Waals surface area contributed by atoms with Crippen LogP contribution in [0.15, 0.2) is 55.1 Å². The summed E-state index contributed by atoms with van der Waals surface area (Å²) in [7, 11) is 0. The smallest absolute Gasteiger partial charge is 0.0991 e. The van der Waals surface area contributed by atoms with Crippen LogP contribution in [0.5, 0.6) is 0 Å². The van der Waals surface area contributed by atoms with E-state index in [9.17, 15) is 0 Å². The molecule has 2 heteroatoms. The second-order valence-corrected chi connectivity index (χ2v) is 4.64. The second-order valence-electron chi connectivity index (χ2n) is 4.64. The van der Waals surface area contributed by atoms with Crippen LogP contribution in [0.1, 0.15) is 30.9 Å². The Morgan fingerprint density at radius 2 is 2.05 bits per heavy atom. The number of nitrogens with zero attached hydrogens (tertiary/aromatic N) is 2. The predicted octanol–water partition coefficient (Wildman–Crippen LogP) is 4.55. The van der Waals surface area contributed by atoms with Crippen LogP contribution in [0, 0.1) is 6.92 Å². The lowest BCUT2D eigenvalue weighted by Crippen LogP contribution is -1.90. The molecule has 0 radical (unpaired) electrons. The van der Waals surface area contributed by atoms with Gasteiger partial charge in [-0.3, -0.25) is 0 Å². The Kier molecular flexibility index (Phi) is 4.73. The number of hydrogen-bond acceptors (Lipinski definition) is 1. The summed E-state index contributed by atoms with van der Waals surface area (Å²) in [5.41, 5.74) is 3.62. The number of imidazole rings is 1. The van der Waals surface area contributed by atoms with E-state index in [2.05, 4.69) is 61.3 Å². The van der Waals surface area contributed by atoms with Crippen LogP contribution in [-0.4, -0.2) is 9.55 Å². The standard InChI is InChI=1S/C17H20N2/c1-3-4-5-6-17(19-12-11-18-14-19)13-16-9-7-15(2)8-10-16/h5-14H,3-4H2,1-2H3/b6-5+,17-13-. The molecule has 0 unspecified atom stereocenters. The number of allylic oxidation sites excluding steroid dienone is 3. The number of benzene rings is 1. The van der Waals surface area contributed by atoms with Gasteiger partial charge in [0.15, 0.2) is 0 Å². The van der Waals surface area contributed by atoms with Crippen molar-refractivity contribution in [3.63, 3.8) is 0 Å². The fraction of sp³-hybridized carbons (Fsp3) is 0.235. The van der Waals surface area contributed by atoms with Gasteiger partial charge in [-0.2, -0.15) is 0 Å². The molecule has 0 aliphatic carbocycles. The molecule has 2 rings (SSSR count). The molecule has 0 saturated heterocycles. The van der Waals surface area contributed by atoms with E-state index in [-0.39, 0.29) is 0 Å². The molecule has 0 atom stereocenters. The van der Waals surface area contributed by atoms with E-state index in [0.29, 0.717) is 0 Å². The third-order valence-electron chi connectivity index (χ3n) is 2.94. The Bertz CT molecular complexity index is 545. The van der Waals surface area contributed by atoms with E-state index in [1.807, 2.05) is 17.1 Å². The van der Waals surface area contributed by atoms with Crippen molar-refractivity contribution in [3.8, 4) is 0 Å². The molecule has 0 bridgehead atoms. The van der Waals surface area contributed by atoms with Gasteiger partial charge in [0.25, 0.3) is 0 Å². The first-order chi connectivity index (χ1) is 9.29. The van der Waals surface area contributed by atoms with Gasteiger partial charge >= 0.3 is 0 Å². The van der Waals surface area contributed by atoms with Crippen molar-refractivity contribution in [2.24, 2.45) is 0 Å². The quantitative estimate of drug-likeness (QED) is 0.714. The average molecular weight is 252 g/mol. The lowest BCUT2D eigenvalue weighted by Gasteiger charge is -2.04. The van der Waals surface area contributed by atoms with Gasteiger partial charge in [0.05, 0.1) is 6.33 Å². The Labute approximate surface area is 115 Å². The summed E-state index contributed by atoms with van der Waals surface area (Å²) < 4.78 is 2.03. The molecule has 2 aromatic rings. The summed E-state index contributed by atoms with van der Waals surface area (Å²) in [6.07, 6.45) is 14.4. The third kappa shape index (κ3) is 3.95. The van der Waals surface area contributed by atoms with Crippen molar-refractivity contribution in [1.29, 1.82) is 0 Å². The van der Waals surface area contributed by atoms with E-state index >= 15 is 0 Å². The second kappa shape index (κ2) is 6.74. The highest BCUT2D eigenvalue weighted by molar-refractivity contribution is 5.76. The van der Waals surface area contributed by atoms with Gasteiger partial charge < -0.3 is 4.57 Å². The summed E-state index contributed by atoms with van der Waals surface area (Å²) in [5, 5.41) is 0. The third-order valence-corrected chi connectivity index (χ3v) is 2.94. The predicted molar refractivity (Wildman–Crippen MR) is 81.6 cm³/mol. The van der Waals surface area contributed by atoms with E-state index < -0.39 is 0 Å². The Morgan fingerprint density at radius 1 is 1.26 bits per heavy atom. The zero-order valence-electron chi connectivity index (χ0n) is 11.6. The van der Waals surface area contributed by atoms with Gasteiger partial charge in [0.2, 0.25) is 0 Å². The molecule has 2 nitrogen and oxygen atoms in total. The van der Waals surface area contributed by atoms with Crippen molar-refractivity contribution < 1.29 is 0 Å². The summed E-state index contributed by atoms with van der Waals surface area (Å²) in [5.74, 6) is 0. The molecule has 0 amide bonds. The number of hydrogen-bond donors (Lipinski definition) is 0. The van der Waals surface area contributed by atoms with Crippen molar-refractivity contribution >= 4 is 11.8 Å². The van der Waals surface area contributed by atoms with Gasteiger partial charge in [-0.1, -0.05) is 49.2 Å². The fourth-order valence-electron chi connectivity index (χ4n) is 1.82. The van der Waals surface area contributed by atoms with Crippen LogP contribution in [-0.2, 0) is 0 Å². The van der Waals surface area contributed by atoms with Crippen molar-refractivity contribution in [2.75, 3.05) is 0 Å². The zero-order chi connectivity index (χ0) is 13.5. The van der Waals surface area contributed by atoms with Crippen molar-refractivity contribution in [1.82, 2.24) is 9.55 Å². The minimum Gasteiger partial charge on any atom is -0.306 e. The largest absolute Gasteiger partial charge is 0.306 e. The molecule has 1 aromatic carbocycles. The van der Waals surface area contributed by atoms with Crippen LogP contribution in [0.2, 0.25) is 0 Å². The first-order valence-corrected chi connectivity index (χ1v) is 6.73. The van der Waals surface area contributed by atoms with E-state index in [1.54, 1.807) is 6.20 Å². The number of aryl methyl sites for hydroxylation is 1. The molecule has 19 heavy (non-hydrogen) atoms. The van der Waals surface area contributed by atoms with Gasteiger partial charge in [-0.25, -0.2) is 4.98 Å². The fourth-order valence-corrected chi connectivity index (χ4v) is 1.82. The van der Waals surface area contributed by atoms with E-state index in [1.165, 1.54) is 11.1 Å². The lowest BCUT2D eigenvalue weighted by atomic mass is 10.1. The van der Waals surface area contributed by atoms with E-state index in [0.717, 1.165) is 18.5 Å². The van der Waals surface area contributed by atoms with E-state index in [4.69, 9.17) is 0 Å². The Hall–Kier alpha value is -2.09. The molecule has 0 fully saturated rings. The lowest BCUT2D eigenvalue weighted by molar-refractivity contribution is 0.957. The summed E-state index contributed by atoms with van der Waals surface area (Å²) in [4.78, 5) is 4.12. The Balaban J connectivity index is 2.29. The maximum absolute atomic E-state index is 4.12. The van der Waals surface area contributed by atoms with Crippen LogP contribution < -0.4 is 0 Å². The first-order valence-electron chi connectivity index (χ1n) is 6.73. The molecule has 0 saturated carbocycles. The van der Waals surface area contributed by atoms with Gasteiger partial charge in [-0.05, 0) is 31.1 Å². The van der Waals surface area contributed by atoms with Crippen molar-refractivity contribution in [3.05, 3.63) is 66.3 Å². The highest BCUT2D eigenvalue weighted by Crippen LogP contribution is 2.14. The number of unbranched alkanes of at least 4 members (excludes halogenated alkanes) is 1. The molecule has 1 heterocycles. The average Bonchev–Trinajstić information content (AvgIpc) is 2.94. The maximum atomic E-state index is 4.12. The van der Waals surface area contributed by atoms with Gasteiger partial charge in [-0.15, -0.1) is 0 Å². The minimum absolute atomic E-state index is 1.10. The Morgan fingerprint density at radius 3 is 2.68 bits per heavy atom. The molecule has 0 aliphatic rings. The summed E-state index contributed by atoms with van der Waals surface area (Å²) >= 11 is 0. The summed E-state index contributed by atoms with van der Waals surface area (Å²) in [6, 6.07) is 8.54. The first kappa shape index (κ1) is 13.3. The van der Waals surface area contributed by atoms with Gasteiger partial charge in [0.1, 0.15) is 0 Å². The molecule has 0 N–H and O–H groups in total. The number of rotatable bonds is 5. The molecule has 1 aromatic heterocycles. The normalized spacial score (nSPS) is 12.2. The molecule has 98 valence electrons. The van der Waals surface area contributed by atoms with Crippen molar-refractivity contribution in [2.45, 2.75) is 26.7 Å². The monoisotopic (exact) mass is 252 g/mol. The van der Waals surface area contributed by atoms with Gasteiger partial charge in [0, 0.05) is 18.1 Å². The highest BCUT2D eigenvalue weighted by Gasteiger charge is 1.96. The highest BCUT2D eigenvalue weighted by atomic mass is 15.0. The summed E-state index contributed by atoms with van der Waals surface area (Å²) in [6.45, 7) is 4.29. The topological polar surface area (TPSA) is 17.8 Å². The molecular formula is C17H20N2. The SMILES string of the molecule is CCC/C=C/C(=C/c1ccc(C)cc1)n1ccnc1.